The van der Waals surface area contributed by atoms with Crippen LogP contribution in [0.5, 0.6) is 0 Å². The number of aromatic nitrogens is 3. The molecule has 0 radical (unpaired) electrons. The highest BCUT2D eigenvalue weighted by Gasteiger charge is 2.07. The maximum Gasteiger partial charge on any atom is 0.287 e. The van der Waals surface area contributed by atoms with E-state index < -0.39 is 4.92 Å². The first kappa shape index (κ1) is 12.7. The molecular formula is C13H9N5O3. The maximum absolute atomic E-state index is 11.9. The molecule has 0 amide bonds. The SMILES string of the molecule is O=c1[nH]c(Nc2ccc([N+](=O)[O-])cn2)nc2ccccc12. The molecule has 2 heterocycles. The van der Waals surface area contributed by atoms with E-state index in [2.05, 4.69) is 20.3 Å². The normalized spacial score (nSPS) is 10.5. The average Bonchev–Trinajstić information content (AvgIpc) is 2.48. The molecule has 0 fully saturated rings. The van der Waals surface area contributed by atoms with Crippen molar-refractivity contribution >= 4 is 28.4 Å². The number of nitrogens with one attached hydrogen (secondary N) is 2. The van der Waals surface area contributed by atoms with Crippen molar-refractivity contribution in [1.82, 2.24) is 15.0 Å². The fraction of sp³-hybridized carbons (Fsp3) is 0. The first-order valence-electron chi connectivity index (χ1n) is 6.00. The molecule has 2 aromatic heterocycles. The number of nitro groups is 1. The monoisotopic (exact) mass is 283 g/mol. The van der Waals surface area contributed by atoms with E-state index in [1.54, 1.807) is 24.3 Å². The summed E-state index contributed by atoms with van der Waals surface area (Å²) in [6.45, 7) is 0. The van der Waals surface area contributed by atoms with Crippen LogP contribution in [-0.2, 0) is 0 Å². The van der Waals surface area contributed by atoms with Crippen molar-refractivity contribution in [3.8, 4) is 0 Å². The van der Waals surface area contributed by atoms with E-state index in [4.69, 9.17) is 0 Å². The summed E-state index contributed by atoms with van der Waals surface area (Å²) in [7, 11) is 0. The second-order valence-electron chi connectivity index (χ2n) is 4.22. The Kier molecular flexibility index (Phi) is 3.03. The van der Waals surface area contributed by atoms with Gasteiger partial charge in [0.2, 0.25) is 5.95 Å². The van der Waals surface area contributed by atoms with Gasteiger partial charge in [0.05, 0.1) is 15.8 Å². The molecule has 0 spiro atoms. The molecular weight excluding hydrogens is 274 g/mol. The molecule has 104 valence electrons. The van der Waals surface area contributed by atoms with Crippen molar-refractivity contribution in [2.45, 2.75) is 0 Å². The van der Waals surface area contributed by atoms with Gasteiger partial charge in [-0.2, -0.15) is 0 Å². The van der Waals surface area contributed by atoms with Gasteiger partial charge in [0.1, 0.15) is 12.0 Å². The fourth-order valence-corrected chi connectivity index (χ4v) is 1.83. The van der Waals surface area contributed by atoms with Crippen LogP contribution in [0.15, 0.2) is 47.4 Å². The maximum atomic E-state index is 11.9. The molecule has 0 aliphatic carbocycles. The van der Waals surface area contributed by atoms with Crippen LogP contribution in [0.25, 0.3) is 10.9 Å². The summed E-state index contributed by atoms with van der Waals surface area (Å²) in [6.07, 6.45) is 1.13. The smallest absolute Gasteiger partial charge is 0.287 e. The van der Waals surface area contributed by atoms with Crippen molar-refractivity contribution in [2.75, 3.05) is 5.32 Å². The van der Waals surface area contributed by atoms with Crippen LogP contribution in [0.1, 0.15) is 0 Å². The van der Waals surface area contributed by atoms with Gasteiger partial charge >= 0.3 is 0 Å². The first-order chi connectivity index (χ1) is 10.1. The molecule has 3 rings (SSSR count). The van der Waals surface area contributed by atoms with E-state index >= 15 is 0 Å². The summed E-state index contributed by atoms with van der Waals surface area (Å²) in [6, 6.07) is 9.68. The highest BCUT2D eigenvalue weighted by molar-refractivity contribution is 5.78. The molecule has 0 bridgehead atoms. The van der Waals surface area contributed by atoms with Crippen LogP contribution in [0, 0.1) is 10.1 Å². The highest BCUT2D eigenvalue weighted by atomic mass is 16.6. The third-order valence-electron chi connectivity index (χ3n) is 2.82. The van der Waals surface area contributed by atoms with Crippen LogP contribution in [-0.4, -0.2) is 19.9 Å². The zero-order chi connectivity index (χ0) is 14.8. The molecule has 0 aliphatic rings. The lowest BCUT2D eigenvalue weighted by molar-refractivity contribution is -0.385. The number of aromatic amines is 1. The minimum absolute atomic E-state index is 0.111. The van der Waals surface area contributed by atoms with Gasteiger partial charge in [0.25, 0.3) is 11.2 Å². The minimum atomic E-state index is -0.535. The number of fused-ring (bicyclic) bond motifs is 1. The Morgan fingerprint density at radius 3 is 2.71 bits per heavy atom. The summed E-state index contributed by atoms with van der Waals surface area (Å²) >= 11 is 0. The van der Waals surface area contributed by atoms with E-state index in [0.717, 1.165) is 6.20 Å². The number of hydrogen-bond donors (Lipinski definition) is 2. The van der Waals surface area contributed by atoms with Crippen molar-refractivity contribution in [3.63, 3.8) is 0 Å². The largest absolute Gasteiger partial charge is 0.310 e. The molecule has 0 saturated heterocycles. The Bertz CT molecular complexity index is 873. The molecule has 0 unspecified atom stereocenters. The number of nitrogens with zero attached hydrogens (tertiary/aromatic N) is 3. The van der Waals surface area contributed by atoms with Gasteiger partial charge < -0.3 is 5.32 Å². The zero-order valence-electron chi connectivity index (χ0n) is 10.6. The Labute approximate surface area is 117 Å². The number of para-hydroxylation sites is 1. The van der Waals surface area contributed by atoms with E-state index in [1.165, 1.54) is 12.1 Å². The van der Waals surface area contributed by atoms with Crippen LogP contribution in [0.4, 0.5) is 17.5 Å². The van der Waals surface area contributed by atoms with Crippen LogP contribution in [0.2, 0.25) is 0 Å². The minimum Gasteiger partial charge on any atom is -0.310 e. The Hall–Kier alpha value is -3.29. The highest BCUT2D eigenvalue weighted by Crippen LogP contribution is 2.15. The third-order valence-corrected chi connectivity index (χ3v) is 2.82. The van der Waals surface area contributed by atoms with E-state index in [9.17, 15) is 14.9 Å². The van der Waals surface area contributed by atoms with Crippen molar-refractivity contribution in [1.29, 1.82) is 0 Å². The summed E-state index contributed by atoms with van der Waals surface area (Å²) in [5.74, 6) is 0.569. The van der Waals surface area contributed by atoms with E-state index in [1.807, 2.05) is 0 Å². The second-order valence-corrected chi connectivity index (χ2v) is 4.22. The fourth-order valence-electron chi connectivity index (χ4n) is 1.83. The number of rotatable bonds is 3. The third kappa shape index (κ3) is 2.54. The van der Waals surface area contributed by atoms with Gasteiger partial charge in [-0.3, -0.25) is 19.9 Å². The van der Waals surface area contributed by atoms with Crippen LogP contribution < -0.4 is 10.9 Å². The number of pyridine rings is 1. The van der Waals surface area contributed by atoms with Gasteiger partial charge in [-0.25, -0.2) is 9.97 Å². The summed E-state index contributed by atoms with van der Waals surface area (Å²) in [5, 5.41) is 13.8. The molecule has 0 atom stereocenters. The van der Waals surface area contributed by atoms with Gasteiger partial charge in [-0.15, -0.1) is 0 Å². The quantitative estimate of drug-likeness (QED) is 0.561. The predicted molar refractivity (Wildman–Crippen MR) is 76.5 cm³/mol. The van der Waals surface area contributed by atoms with E-state index in [-0.39, 0.29) is 17.2 Å². The number of H-pyrrole nitrogens is 1. The van der Waals surface area contributed by atoms with Gasteiger partial charge in [-0.05, 0) is 18.2 Å². The molecule has 1 aromatic carbocycles. The molecule has 8 heteroatoms. The summed E-state index contributed by atoms with van der Waals surface area (Å²) in [5.41, 5.74) is 0.163. The van der Waals surface area contributed by atoms with E-state index in [0.29, 0.717) is 16.7 Å². The van der Waals surface area contributed by atoms with Crippen molar-refractivity contribution in [2.24, 2.45) is 0 Å². The molecule has 3 aromatic rings. The van der Waals surface area contributed by atoms with Gasteiger partial charge in [0.15, 0.2) is 0 Å². The number of anilines is 2. The lowest BCUT2D eigenvalue weighted by atomic mass is 10.2. The average molecular weight is 283 g/mol. The topological polar surface area (TPSA) is 114 Å². The lowest BCUT2D eigenvalue weighted by Crippen LogP contribution is -2.11. The van der Waals surface area contributed by atoms with Gasteiger partial charge in [0, 0.05) is 6.07 Å². The van der Waals surface area contributed by atoms with Crippen LogP contribution >= 0.6 is 0 Å². The molecule has 2 N–H and O–H groups in total. The zero-order valence-corrected chi connectivity index (χ0v) is 10.6. The molecule has 0 aliphatic heterocycles. The van der Waals surface area contributed by atoms with Crippen molar-refractivity contribution < 1.29 is 4.92 Å². The lowest BCUT2D eigenvalue weighted by Gasteiger charge is -2.05. The number of benzene rings is 1. The first-order valence-corrected chi connectivity index (χ1v) is 6.00. The molecule has 8 nitrogen and oxygen atoms in total. The predicted octanol–water partition coefficient (Wildman–Crippen LogP) is 1.97. The van der Waals surface area contributed by atoms with Crippen molar-refractivity contribution in [3.05, 3.63) is 63.1 Å². The number of hydrogen-bond acceptors (Lipinski definition) is 6. The van der Waals surface area contributed by atoms with Gasteiger partial charge in [-0.1, -0.05) is 12.1 Å². The molecule has 21 heavy (non-hydrogen) atoms. The summed E-state index contributed by atoms with van der Waals surface area (Å²) in [4.78, 5) is 32.6. The Morgan fingerprint density at radius 2 is 2.00 bits per heavy atom. The summed E-state index contributed by atoms with van der Waals surface area (Å²) < 4.78 is 0. The standard InChI is InChI=1S/C13H9N5O3/c19-12-9-3-1-2-4-10(9)15-13(17-12)16-11-6-5-8(7-14-11)18(20)21/h1-7H,(H2,14,15,16,17,19). The molecule has 0 saturated carbocycles. The second kappa shape index (κ2) is 5.00. The Balaban J connectivity index is 1.94. The van der Waals surface area contributed by atoms with Crippen LogP contribution in [0.3, 0.4) is 0 Å². The Morgan fingerprint density at radius 1 is 1.19 bits per heavy atom.